The van der Waals surface area contributed by atoms with Crippen LogP contribution in [0.4, 0.5) is 0 Å². The first-order valence-electron chi connectivity index (χ1n) is 9.11. The molecular formula is C19H26N4O3S. The second-order valence-corrected chi connectivity index (χ2v) is 7.58. The van der Waals surface area contributed by atoms with Crippen molar-refractivity contribution in [2.75, 3.05) is 38.6 Å². The molecule has 1 aliphatic rings. The molecule has 8 heteroatoms. The van der Waals surface area contributed by atoms with Gasteiger partial charge in [0.1, 0.15) is 11.5 Å². The highest BCUT2D eigenvalue weighted by Crippen LogP contribution is 2.23. The predicted octanol–water partition coefficient (Wildman–Crippen LogP) is 2.28. The van der Waals surface area contributed by atoms with E-state index in [1.807, 2.05) is 39.0 Å². The number of hydrogen-bond donors (Lipinski definition) is 1. The summed E-state index contributed by atoms with van der Waals surface area (Å²) in [6.07, 6.45) is 0. The van der Waals surface area contributed by atoms with E-state index in [1.54, 1.807) is 0 Å². The Bertz CT molecular complexity index is 754. The number of aryl methyl sites for hydroxylation is 3. The van der Waals surface area contributed by atoms with Crippen molar-refractivity contribution >= 4 is 17.7 Å². The van der Waals surface area contributed by atoms with Crippen LogP contribution in [-0.2, 0) is 9.53 Å². The van der Waals surface area contributed by atoms with Gasteiger partial charge in [-0.1, -0.05) is 11.8 Å². The van der Waals surface area contributed by atoms with Gasteiger partial charge in [0, 0.05) is 31.0 Å². The van der Waals surface area contributed by atoms with Crippen molar-refractivity contribution in [3.63, 3.8) is 0 Å². The summed E-state index contributed by atoms with van der Waals surface area (Å²) in [7, 11) is 0. The fraction of sp³-hybridized carbons (Fsp3) is 0.526. The molecule has 27 heavy (non-hydrogen) atoms. The first-order chi connectivity index (χ1) is 13.0. The molecule has 7 nitrogen and oxygen atoms in total. The Morgan fingerprint density at radius 3 is 2.56 bits per heavy atom. The molecule has 1 amide bonds. The monoisotopic (exact) mass is 390 g/mol. The minimum atomic E-state index is -0.0377. The van der Waals surface area contributed by atoms with E-state index in [-0.39, 0.29) is 17.7 Å². The molecule has 0 bridgehead atoms. The molecule has 1 N–H and O–H groups in total. The summed E-state index contributed by atoms with van der Waals surface area (Å²) in [6.45, 7) is 9.33. The minimum absolute atomic E-state index is 0.00835. The first-order valence-corrected chi connectivity index (χ1v) is 10.1. The number of rotatable bonds is 7. The van der Waals surface area contributed by atoms with Crippen LogP contribution in [0, 0.1) is 20.8 Å². The second-order valence-electron chi connectivity index (χ2n) is 6.64. The van der Waals surface area contributed by atoms with E-state index in [2.05, 4.69) is 20.2 Å². The number of nitrogens with zero attached hydrogens (tertiary/aromatic N) is 3. The van der Waals surface area contributed by atoms with E-state index in [1.165, 1.54) is 11.8 Å². The summed E-state index contributed by atoms with van der Waals surface area (Å²) in [6, 6.07) is 5.87. The number of amides is 1. The molecule has 2 aromatic rings. The van der Waals surface area contributed by atoms with Crippen molar-refractivity contribution in [3.05, 3.63) is 41.1 Å². The minimum Gasteiger partial charge on any atom is -0.465 e. The number of hydrogen-bond acceptors (Lipinski definition) is 7. The molecule has 1 saturated heterocycles. The summed E-state index contributed by atoms with van der Waals surface area (Å²) >= 11 is 1.35. The van der Waals surface area contributed by atoms with Gasteiger partial charge in [0.2, 0.25) is 5.91 Å². The van der Waals surface area contributed by atoms with Gasteiger partial charge in [0.15, 0.2) is 5.16 Å². The lowest BCUT2D eigenvalue weighted by molar-refractivity contribution is -0.118. The smallest absolute Gasteiger partial charge is 0.230 e. The summed E-state index contributed by atoms with van der Waals surface area (Å²) in [4.78, 5) is 23.4. The van der Waals surface area contributed by atoms with Crippen molar-refractivity contribution < 1.29 is 13.9 Å². The number of ether oxygens (including phenoxy) is 1. The molecule has 0 aromatic carbocycles. The van der Waals surface area contributed by atoms with Gasteiger partial charge in [-0.25, -0.2) is 9.97 Å². The van der Waals surface area contributed by atoms with Crippen molar-refractivity contribution in [3.8, 4) is 0 Å². The van der Waals surface area contributed by atoms with Gasteiger partial charge < -0.3 is 14.5 Å². The van der Waals surface area contributed by atoms with Crippen LogP contribution in [0.2, 0.25) is 0 Å². The fourth-order valence-electron chi connectivity index (χ4n) is 3.08. The summed E-state index contributed by atoms with van der Waals surface area (Å²) in [5.41, 5.74) is 1.82. The molecule has 1 atom stereocenters. The number of morpholine rings is 1. The summed E-state index contributed by atoms with van der Waals surface area (Å²) in [5.74, 6) is 2.00. The quantitative estimate of drug-likeness (QED) is 0.574. The van der Waals surface area contributed by atoms with Crippen LogP contribution in [0.5, 0.6) is 0 Å². The van der Waals surface area contributed by atoms with Crippen molar-refractivity contribution in [2.24, 2.45) is 0 Å². The standard InChI is InChI=1S/C19H26N4O3S/c1-13-10-14(2)22-19(21-13)27-12-18(24)20-11-16(17-5-4-15(3)26-17)23-6-8-25-9-7-23/h4-5,10,16H,6-9,11-12H2,1-3H3,(H,20,24). The molecule has 146 valence electrons. The number of carbonyl (C=O) groups excluding carboxylic acids is 1. The van der Waals surface area contributed by atoms with E-state index in [9.17, 15) is 4.79 Å². The molecule has 0 saturated carbocycles. The maximum atomic E-state index is 12.3. The van der Waals surface area contributed by atoms with E-state index in [0.717, 1.165) is 36.0 Å². The van der Waals surface area contributed by atoms with E-state index in [4.69, 9.17) is 9.15 Å². The molecule has 2 aromatic heterocycles. The Morgan fingerprint density at radius 1 is 1.22 bits per heavy atom. The topological polar surface area (TPSA) is 80.5 Å². The highest BCUT2D eigenvalue weighted by atomic mass is 32.2. The predicted molar refractivity (Wildman–Crippen MR) is 104 cm³/mol. The number of nitrogens with one attached hydrogen (secondary N) is 1. The molecule has 3 heterocycles. The number of thioether (sulfide) groups is 1. The van der Waals surface area contributed by atoms with E-state index >= 15 is 0 Å². The largest absolute Gasteiger partial charge is 0.465 e. The Hall–Kier alpha value is -1.90. The molecule has 1 unspecified atom stereocenters. The van der Waals surface area contributed by atoms with Gasteiger partial charge >= 0.3 is 0 Å². The van der Waals surface area contributed by atoms with Crippen LogP contribution in [0.1, 0.15) is 29.0 Å². The average molecular weight is 391 g/mol. The second kappa shape index (κ2) is 9.34. The molecule has 1 fully saturated rings. The SMILES string of the molecule is Cc1cc(C)nc(SCC(=O)NCC(c2ccc(C)o2)N2CCOCC2)n1. The van der Waals surface area contributed by atoms with Crippen LogP contribution in [0.3, 0.4) is 0 Å². The maximum absolute atomic E-state index is 12.3. The van der Waals surface area contributed by atoms with E-state index in [0.29, 0.717) is 24.9 Å². The lowest BCUT2D eigenvalue weighted by atomic mass is 10.1. The van der Waals surface area contributed by atoms with Crippen LogP contribution < -0.4 is 5.32 Å². The number of aromatic nitrogens is 2. The lowest BCUT2D eigenvalue weighted by Gasteiger charge is -2.33. The highest BCUT2D eigenvalue weighted by molar-refractivity contribution is 7.99. The van der Waals surface area contributed by atoms with Crippen LogP contribution in [0.15, 0.2) is 27.8 Å². The zero-order valence-electron chi connectivity index (χ0n) is 16.0. The van der Waals surface area contributed by atoms with E-state index < -0.39 is 0 Å². The van der Waals surface area contributed by atoms with Crippen molar-refractivity contribution in [1.82, 2.24) is 20.2 Å². The number of furan rings is 1. The lowest BCUT2D eigenvalue weighted by Crippen LogP contribution is -2.44. The maximum Gasteiger partial charge on any atom is 0.230 e. The molecular weight excluding hydrogens is 364 g/mol. The molecule has 0 spiro atoms. The number of carbonyl (C=O) groups is 1. The van der Waals surface area contributed by atoms with Crippen LogP contribution in [-0.4, -0.2) is 59.4 Å². The van der Waals surface area contributed by atoms with Crippen LogP contribution in [0.25, 0.3) is 0 Å². The van der Waals surface area contributed by atoms with Crippen LogP contribution >= 0.6 is 11.8 Å². The highest BCUT2D eigenvalue weighted by Gasteiger charge is 2.25. The summed E-state index contributed by atoms with van der Waals surface area (Å²) < 4.78 is 11.3. The first kappa shape index (κ1) is 19.9. The average Bonchev–Trinajstić information content (AvgIpc) is 3.06. The normalized spacial score (nSPS) is 16.3. The molecule has 1 aliphatic heterocycles. The van der Waals surface area contributed by atoms with Gasteiger partial charge in [-0.05, 0) is 39.0 Å². The third-order valence-electron chi connectivity index (χ3n) is 4.36. The fourth-order valence-corrected chi connectivity index (χ4v) is 3.86. The Morgan fingerprint density at radius 2 is 1.93 bits per heavy atom. The molecule has 0 radical (unpaired) electrons. The van der Waals surface area contributed by atoms with Gasteiger partial charge in [-0.2, -0.15) is 0 Å². The third-order valence-corrected chi connectivity index (χ3v) is 5.21. The molecule has 3 rings (SSSR count). The zero-order valence-corrected chi connectivity index (χ0v) is 16.8. The van der Waals surface area contributed by atoms with Gasteiger partial charge in [-0.15, -0.1) is 0 Å². The Labute approximate surface area is 163 Å². The van der Waals surface area contributed by atoms with Crippen molar-refractivity contribution in [1.29, 1.82) is 0 Å². The zero-order chi connectivity index (χ0) is 19.2. The Kier molecular flexibility index (Phi) is 6.87. The molecule has 0 aliphatic carbocycles. The summed E-state index contributed by atoms with van der Waals surface area (Å²) in [5, 5.41) is 3.66. The van der Waals surface area contributed by atoms with Gasteiger partial charge in [0.05, 0.1) is 25.0 Å². The van der Waals surface area contributed by atoms with Gasteiger partial charge in [0.25, 0.3) is 0 Å². The Balaban J connectivity index is 1.56. The third kappa shape index (κ3) is 5.79. The van der Waals surface area contributed by atoms with Gasteiger partial charge in [-0.3, -0.25) is 9.69 Å². The van der Waals surface area contributed by atoms with Crippen molar-refractivity contribution in [2.45, 2.75) is 32.0 Å².